The van der Waals surface area contributed by atoms with Crippen LogP contribution in [0.2, 0.25) is 0 Å². The molecule has 112 valence electrons. The summed E-state index contributed by atoms with van der Waals surface area (Å²) in [4.78, 5) is 12.2. The Kier molecular flexibility index (Phi) is 6.31. The molecule has 1 rings (SSSR count). The monoisotopic (exact) mass is 268 g/mol. The molecule has 19 heavy (non-hydrogen) atoms. The van der Waals surface area contributed by atoms with Crippen LogP contribution in [0, 0.1) is 17.3 Å². The van der Waals surface area contributed by atoms with E-state index in [0.29, 0.717) is 12.0 Å². The molecule has 1 aliphatic carbocycles. The van der Waals surface area contributed by atoms with Gasteiger partial charge in [-0.3, -0.25) is 4.79 Å². The normalized spacial score (nSPS) is 25.9. The summed E-state index contributed by atoms with van der Waals surface area (Å²) in [6.45, 7) is 9.61. The van der Waals surface area contributed by atoms with E-state index in [1.165, 1.54) is 12.8 Å². The van der Waals surface area contributed by atoms with E-state index in [-0.39, 0.29) is 17.9 Å². The highest BCUT2D eigenvalue weighted by Gasteiger charge is 2.32. The van der Waals surface area contributed by atoms with Crippen LogP contribution in [0.15, 0.2) is 0 Å². The number of nitrogens with two attached hydrogens (primary N) is 1. The lowest BCUT2D eigenvalue weighted by Crippen LogP contribution is -2.44. The minimum atomic E-state index is 0.165. The molecule has 0 aromatic rings. The summed E-state index contributed by atoms with van der Waals surface area (Å²) >= 11 is 0. The van der Waals surface area contributed by atoms with Crippen LogP contribution in [0.5, 0.6) is 0 Å². The summed E-state index contributed by atoms with van der Waals surface area (Å²) < 4.78 is 0. The van der Waals surface area contributed by atoms with E-state index >= 15 is 0 Å². The zero-order chi connectivity index (χ0) is 14.5. The molecule has 3 nitrogen and oxygen atoms in total. The van der Waals surface area contributed by atoms with Gasteiger partial charge in [-0.1, -0.05) is 34.1 Å². The highest BCUT2D eigenvalue weighted by molar-refractivity contribution is 5.79. The van der Waals surface area contributed by atoms with Crippen molar-refractivity contribution in [3.63, 3.8) is 0 Å². The largest absolute Gasteiger partial charge is 0.352 e. The number of carbonyl (C=O) groups is 1. The second-order valence-electron chi connectivity index (χ2n) is 7.14. The van der Waals surface area contributed by atoms with Gasteiger partial charge >= 0.3 is 0 Å². The summed E-state index contributed by atoms with van der Waals surface area (Å²) in [6.07, 6.45) is 6.50. The maximum Gasteiger partial charge on any atom is 0.223 e. The third kappa shape index (κ3) is 5.13. The summed E-state index contributed by atoms with van der Waals surface area (Å²) in [7, 11) is 0. The number of amides is 1. The Hall–Kier alpha value is -0.570. The third-order valence-corrected chi connectivity index (χ3v) is 4.59. The number of nitrogens with one attached hydrogen (secondary N) is 1. The third-order valence-electron chi connectivity index (χ3n) is 4.59. The Morgan fingerprint density at radius 2 is 1.84 bits per heavy atom. The molecule has 1 saturated carbocycles. The van der Waals surface area contributed by atoms with Gasteiger partial charge in [0.25, 0.3) is 0 Å². The van der Waals surface area contributed by atoms with Gasteiger partial charge in [-0.05, 0) is 43.4 Å². The molecule has 3 N–H and O–H groups in total. The summed E-state index contributed by atoms with van der Waals surface area (Å²) in [5.74, 6) is 1.21. The molecule has 1 unspecified atom stereocenters. The smallest absolute Gasteiger partial charge is 0.223 e. The van der Waals surface area contributed by atoms with Crippen LogP contribution in [-0.2, 0) is 4.79 Å². The maximum absolute atomic E-state index is 12.2. The molecule has 0 aliphatic heterocycles. The van der Waals surface area contributed by atoms with Gasteiger partial charge in [-0.15, -0.1) is 0 Å². The Labute approximate surface area is 118 Å². The SMILES string of the molecule is CCCC(CN)NC(=O)C1CCC(C(C)(C)C)CC1. The average molecular weight is 268 g/mol. The predicted molar refractivity (Wildman–Crippen MR) is 80.8 cm³/mol. The van der Waals surface area contributed by atoms with Crippen molar-refractivity contribution in [2.45, 2.75) is 72.3 Å². The van der Waals surface area contributed by atoms with E-state index in [2.05, 4.69) is 33.0 Å². The number of hydrogen-bond donors (Lipinski definition) is 2. The lowest BCUT2D eigenvalue weighted by molar-refractivity contribution is -0.127. The van der Waals surface area contributed by atoms with Crippen molar-refractivity contribution in [1.29, 1.82) is 0 Å². The molecule has 1 amide bonds. The zero-order valence-corrected chi connectivity index (χ0v) is 13.2. The second-order valence-corrected chi connectivity index (χ2v) is 7.14. The number of hydrogen-bond acceptors (Lipinski definition) is 2. The molecular formula is C16H32N2O. The molecular weight excluding hydrogens is 236 g/mol. The first-order valence-corrected chi connectivity index (χ1v) is 7.88. The van der Waals surface area contributed by atoms with E-state index in [1.54, 1.807) is 0 Å². The first-order valence-electron chi connectivity index (χ1n) is 7.88. The highest BCUT2D eigenvalue weighted by atomic mass is 16.1. The molecule has 3 heteroatoms. The first kappa shape index (κ1) is 16.5. The van der Waals surface area contributed by atoms with Gasteiger partial charge in [-0.2, -0.15) is 0 Å². The minimum Gasteiger partial charge on any atom is -0.352 e. The van der Waals surface area contributed by atoms with Crippen LogP contribution in [0.1, 0.15) is 66.2 Å². The molecule has 0 aromatic carbocycles. The summed E-state index contributed by atoms with van der Waals surface area (Å²) in [5, 5.41) is 3.13. The molecule has 0 heterocycles. The molecule has 0 bridgehead atoms. The van der Waals surface area contributed by atoms with Crippen LogP contribution in [-0.4, -0.2) is 18.5 Å². The predicted octanol–water partition coefficient (Wildman–Crippen LogP) is 3.08. The topological polar surface area (TPSA) is 55.1 Å². The second kappa shape index (κ2) is 7.28. The van der Waals surface area contributed by atoms with E-state index < -0.39 is 0 Å². The van der Waals surface area contributed by atoms with E-state index in [4.69, 9.17) is 5.73 Å². The van der Waals surface area contributed by atoms with Gasteiger partial charge in [-0.25, -0.2) is 0 Å². The van der Waals surface area contributed by atoms with Gasteiger partial charge in [0.2, 0.25) is 5.91 Å². The van der Waals surface area contributed by atoms with Crippen molar-refractivity contribution < 1.29 is 4.79 Å². The van der Waals surface area contributed by atoms with Crippen molar-refractivity contribution >= 4 is 5.91 Å². The van der Waals surface area contributed by atoms with Crippen molar-refractivity contribution in [2.24, 2.45) is 23.0 Å². The van der Waals surface area contributed by atoms with Gasteiger partial charge < -0.3 is 11.1 Å². The van der Waals surface area contributed by atoms with Crippen molar-refractivity contribution in [3.8, 4) is 0 Å². The van der Waals surface area contributed by atoms with E-state index in [1.807, 2.05) is 0 Å². The zero-order valence-electron chi connectivity index (χ0n) is 13.2. The van der Waals surface area contributed by atoms with Crippen molar-refractivity contribution in [1.82, 2.24) is 5.32 Å². The minimum absolute atomic E-state index is 0.165. The molecule has 1 fully saturated rings. The van der Waals surface area contributed by atoms with Crippen molar-refractivity contribution in [3.05, 3.63) is 0 Å². The molecule has 0 saturated heterocycles. The molecule has 0 radical (unpaired) electrons. The summed E-state index contributed by atoms with van der Waals surface area (Å²) in [5.41, 5.74) is 6.08. The van der Waals surface area contributed by atoms with Crippen LogP contribution in [0.4, 0.5) is 0 Å². The van der Waals surface area contributed by atoms with E-state index in [0.717, 1.165) is 31.6 Å². The fourth-order valence-electron chi connectivity index (χ4n) is 3.14. The Bertz CT molecular complexity index is 275. The first-order chi connectivity index (χ1) is 8.88. The van der Waals surface area contributed by atoms with Crippen LogP contribution in [0.3, 0.4) is 0 Å². The van der Waals surface area contributed by atoms with Crippen LogP contribution >= 0.6 is 0 Å². The van der Waals surface area contributed by atoms with Crippen molar-refractivity contribution in [2.75, 3.05) is 6.54 Å². The van der Waals surface area contributed by atoms with Crippen LogP contribution < -0.4 is 11.1 Å². The highest BCUT2D eigenvalue weighted by Crippen LogP contribution is 2.39. The average Bonchev–Trinajstić information content (AvgIpc) is 2.37. The summed E-state index contributed by atoms with van der Waals surface area (Å²) in [6, 6.07) is 0.165. The van der Waals surface area contributed by atoms with Gasteiger partial charge in [0, 0.05) is 18.5 Å². The quantitative estimate of drug-likeness (QED) is 0.805. The number of carbonyl (C=O) groups excluding carboxylic acids is 1. The lowest BCUT2D eigenvalue weighted by Gasteiger charge is -2.36. The van der Waals surface area contributed by atoms with Gasteiger partial charge in [0.15, 0.2) is 0 Å². The number of rotatable bonds is 5. The lowest BCUT2D eigenvalue weighted by atomic mass is 9.69. The van der Waals surface area contributed by atoms with Crippen LogP contribution in [0.25, 0.3) is 0 Å². The Morgan fingerprint density at radius 1 is 1.26 bits per heavy atom. The Balaban J connectivity index is 2.40. The molecule has 1 atom stereocenters. The molecule has 0 aromatic heterocycles. The fraction of sp³-hybridized carbons (Fsp3) is 0.938. The van der Waals surface area contributed by atoms with Gasteiger partial charge in [0.05, 0.1) is 0 Å². The molecule has 1 aliphatic rings. The van der Waals surface area contributed by atoms with E-state index in [9.17, 15) is 4.79 Å². The van der Waals surface area contributed by atoms with Gasteiger partial charge in [0.1, 0.15) is 0 Å². The maximum atomic E-state index is 12.2. The molecule has 0 spiro atoms. The fourth-order valence-corrected chi connectivity index (χ4v) is 3.14. The standard InChI is InChI=1S/C16H32N2O/c1-5-6-14(11-17)18-15(19)12-7-9-13(10-8-12)16(2,3)4/h12-14H,5-11,17H2,1-4H3,(H,18,19). The Morgan fingerprint density at radius 3 is 2.26 bits per heavy atom.